The molecule has 0 aromatic carbocycles. The van der Waals surface area contributed by atoms with Crippen molar-refractivity contribution < 1.29 is 9.59 Å². The van der Waals surface area contributed by atoms with E-state index in [0.717, 1.165) is 15.6 Å². The van der Waals surface area contributed by atoms with E-state index >= 15 is 0 Å². The molecular formula is C16H19N3O2S2. The summed E-state index contributed by atoms with van der Waals surface area (Å²) < 4.78 is 0. The quantitative estimate of drug-likeness (QED) is 0.848. The first kappa shape index (κ1) is 16.1. The van der Waals surface area contributed by atoms with Crippen LogP contribution in [0.1, 0.15) is 15.6 Å². The molecule has 122 valence electrons. The van der Waals surface area contributed by atoms with Crippen LogP contribution >= 0.6 is 22.7 Å². The maximum atomic E-state index is 12.3. The van der Waals surface area contributed by atoms with E-state index in [4.69, 9.17) is 0 Å². The van der Waals surface area contributed by atoms with E-state index in [9.17, 15) is 9.59 Å². The first-order valence-electron chi connectivity index (χ1n) is 7.61. The number of hydrogen-bond acceptors (Lipinski definition) is 5. The van der Waals surface area contributed by atoms with Crippen molar-refractivity contribution in [2.75, 3.05) is 26.2 Å². The van der Waals surface area contributed by atoms with E-state index in [-0.39, 0.29) is 11.8 Å². The Morgan fingerprint density at radius 2 is 1.74 bits per heavy atom. The van der Waals surface area contributed by atoms with Gasteiger partial charge >= 0.3 is 0 Å². The van der Waals surface area contributed by atoms with E-state index in [1.807, 2.05) is 39.6 Å². The topological polar surface area (TPSA) is 53.5 Å². The summed E-state index contributed by atoms with van der Waals surface area (Å²) in [6.07, 6.45) is 0.817. The van der Waals surface area contributed by atoms with Gasteiger partial charge in [0.2, 0.25) is 11.8 Å². The summed E-state index contributed by atoms with van der Waals surface area (Å²) in [7, 11) is 0. The number of hydrogen-bond donors (Lipinski definition) is 0. The molecule has 0 spiro atoms. The number of piperazine rings is 1. The van der Waals surface area contributed by atoms with Gasteiger partial charge in [-0.15, -0.1) is 22.7 Å². The minimum absolute atomic E-state index is 0.0978. The van der Waals surface area contributed by atoms with Crippen molar-refractivity contribution in [3.63, 3.8) is 0 Å². The Bertz CT molecular complexity index is 673. The predicted octanol–water partition coefficient (Wildman–Crippen LogP) is 1.97. The Labute approximate surface area is 143 Å². The van der Waals surface area contributed by atoms with E-state index in [2.05, 4.69) is 4.98 Å². The second-order valence-corrected chi connectivity index (χ2v) is 7.65. The van der Waals surface area contributed by atoms with Gasteiger partial charge < -0.3 is 9.80 Å². The fourth-order valence-corrected chi connectivity index (χ4v) is 3.94. The average molecular weight is 349 g/mol. The molecule has 1 aliphatic heterocycles. The molecule has 23 heavy (non-hydrogen) atoms. The second-order valence-electron chi connectivity index (χ2n) is 5.55. The lowest BCUT2D eigenvalue weighted by Gasteiger charge is -2.34. The summed E-state index contributed by atoms with van der Waals surface area (Å²) in [5.41, 5.74) is 0.841. The van der Waals surface area contributed by atoms with Crippen LogP contribution < -0.4 is 0 Å². The maximum Gasteiger partial charge on any atom is 0.228 e. The van der Waals surface area contributed by atoms with Gasteiger partial charge in [-0.05, 0) is 18.4 Å². The molecule has 3 rings (SSSR count). The smallest absolute Gasteiger partial charge is 0.228 e. The van der Waals surface area contributed by atoms with Gasteiger partial charge in [0.15, 0.2) is 0 Å². The van der Waals surface area contributed by atoms with Crippen LogP contribution in [0.25, 0.3) is 0 Å². The minimum Gasteiger partial charge on any atom is -0.339 e. The molecule has 7 heteroatoms. The lowest BCUT2D eigenvalue weighted by atomic mass is 10.2. The van der Waals surface area contributed by atoms with Crippen molar-refractivity contribution in [1.29, 1.82) is 0 Å². The van der Waals surface area contributed by atoms with Crippen molar-refractivity contribution in [1.82, 2.24) is 14.8 Å². The monoisotopic (exact) mass is 349 g/mol. The molecule has 0 aliphatic carbocycles. The summed E-state index contributed by atoms with van der Waals surface area (Å²) in [5, 5.41) is 4.91. The van der Waals surface area contributed by atoms with Gasteiger partial charge in [0.25, 0.3) is 0 Å². The van der Waals surface area contributed by atoms with E-state index < -0.39 is 0 Å². The summed E-state index contributed by atoms with van der Waals surface area (Å²) >= 11 is 3.17. The molecule has 2 amide bonds. The zero-order valence-corrected chi connectivity index (χ0v) is 14.7. The summed E-state index contributed by atoms with van der Waals surface area (Å²) in [4.78, 5) is 33.7. The van der Waals surface area contributed by atoms with Crippen molar-refractivity contribution in [2.24, 2.45) is 0 Å². The molecule has 3 heterocycles. The minimum atomic E-state index is 0.0978. The van der Waals surface area contributed by atoms with Crippen LogP contribution in [-0.2, 0) is 22.4 Å². The zero-order chi connectivity index (χ0) is 16.2. The SMILES string of the molecule is Cc1nc(CC(=O)N2CCN(C(=O)Cc3cccs3)CC2)cs1. The molecule has 1 aliphatic rings. The van der Waals surface area contributed by atoms with Crippen molar-refractivity contribution in [3.8, 4) is 0 Å². The number of aromatic nitrogens is 1. The third kappa shape index (κ3) is 4.17. The number of carbonyl (C=O) groups is 2. The molecule has 2 aromatic heterocycles. The van der Waals surface area contributed by atoms with Crippen LogP contribution in [0.3, 0.4) is 0 Å². The Kier molecular flexibility index (Phi) is 5.07. The molecule has 2 aromatic rings. The van der Waals surface area contributed by atoms with Crippen LogP contribution in [0.4, 0.5) is 0 Å². The number of carbonyl (C=O) groups excluding carboxylic acids is 2. The van der Waals surface area contributed by atoms with Crippen LogP contribution in [0, 0.1) is 6.92 Å². The van der Waals surface area contributed by atoms with E-state index in [1.54, 1.807) is 22.7 Å². The Hall–Kier alpha value is -1.73. The van der Waals surface area contributed by atoms with Gasteiger partial charge in [-0.2, -0.15) is 0 Å². The Balaban J connectivity index is 1.47. The lowest BCUT2D eigenvalue weighted by Crippen LogP contribution is -2.51. The molecule has 0 atom stereocenters. The molecule has 1 fully saturated rings. The number of nitrogens with zero attached hydrogens (tertiary/aromatic N) is 3. The summed E-state index contributed by atoms with van der Waals surface area (Å²) in [6.45, 7) is 4.39. The standard InChI is InChI=1S/C16H19N3O2S2/c1-12-17-13(11-23-12)9-15(20)18-4-6-19(7-5-18)16(21)10-14-3-2-8-22-14/h2-3,8,11H,4-7,9-10H2,1H3. The highest BCUT2D eigenvalue weighted by atomic mass is 32.1. The molecule has 0 radical (unpaired) electrons. The third-order valence-electron chi connectivity index (χ3n) is 3.89. The molecule has 0 unspecified atom stereocenters. The van der Waals surface area contributed by atoms with Gasteiger partial charge in [-0.1, -0.05) is 6.07 Å². The molecule has 0 saturated carbocycles. The number of aryl methyl sites for hydroxylation is 1. The van der Waals surface area contributed by atoms with Crippen molar-refractivity contribution in [3.05, 3.63) is 38.5 Å². The Morgan fingerprint density at radius 1 is 1.09 bits per heavy atom. The average Bonchev–Trinajstić information content (AvgIpc) is 3.19. The number of rotatable bonds is 4. The molecule has 0 N–H and O–H groups in total. The van der Waals surface area contributed by atoms with Gasteiger partial charge in [0.1, 0.15) is 0 Å². The highest BCUT2D eigenvalue weighted by Crippen LogP contribution is 2.13. The lowest BCUT2D eigenvalue weighted by molar-refractivity contribution is -0.138. The third-order valence-corrected chi connectivity index (χ3v) is 5.59. The summed E-state index contributed by atoms with van der Waals surface area (Å²) in [5.74, 6) is 0.246. The number of thiazole rings is 1. The summed E-state index contributed by atoms with van der Waals surface area (Å²) in [6, 6.07) is 3.95. The highest BCUT2D eigenvalue weighted by Gasteiger charge is 2.24. The molecular weight excluding hydrogens is 330 g/mol. The number of thiophene rings is 1. The molecule has 5 nitrogen and oxygen atoms in total. The van der Waals surface area contributed by atoms with E-state index in [1.165, 1.54) is 0 Å². The van der Waals surface area contributed by atoms with Crippen LogP contribution in [0.5, 0.6) is 0 Å². The van der Waals surface area contributed by atoms with Crippen LogP contribution in [0.15, 0.2) is 22.9 Å². The number of amides is 2. The van der Waals surface area contributed by atoms with Crippen LogP contribution in [-0.4, -0.2) is 52.8 Å². The maximum absolute atomic E-state index is 12.3. The van der Waals surface area contributed by atoms with Gasteiger partial charge in [0, 0.05) is 36.4 Å². The van der Waals surface area contributed by atoms with E-state index in [0.29, 0.717) is 39.0 Å². The van der Waals surface area contributed by atoms with Crippen molar-refractivity contribution >= 4 is 34.5 Å². The van der Waals surface area contributed by atoms with Gasteiger partial charge in [0.05, 0.1) is 23.5 Å². The zero-order valence-electron chi connectivity index (χ0n) is 13.0. The predicted molar refractivity (Wildman–Crippen MR) is 91.7 cm³/mol. The molecule has 1 saturated heterocycles. The molecule has 0 bridgehead atoms. The van der Waals surface area contributed by atoms with Crippen molar-refractivity contribution in [2.45, 2.75) is 19.8 Å². The first-order valence-corrected chi connectivity index (χ1v) is 9.36. The highest BCUT2D eigenvalue weighted by molar-refractivity contribution is 7.10. The van der Waals surface area contributed by atoms with Gasteiger partial charge in [-0.25, -0.2) is 4.98 Å². The fraction of sp³-hybridized carbons (Fsp3) is 0.438. The first-order chi connectivity index (χ1) is 11.1. The normalized spacial score (nSPS) is 15.0. The largest absolute Gasteiger partial charge is 0.339 e. The van der Waals surface area contributed by atoms with Gasteiger partial charge in [-0.3, -0.25) is 9.59 Å². The Morgan fingerprint density at radius 3 is 2.26 bits per heavy atom. The fourth-order valence-electron chi connectivity index (χ4n) is 2.64. The second kappa shape index (κ2) is 7.23. The van der Waals surface area contributed by atoms with Crippen LogP contribution in [0.2, 0.25) is 0 Å².